The van der Waals surface area contributed by atoms with Crippen LogP contribution in [0.1, 0.15) is 48.3 Å². The van der Waals surface area contributed by atoms with Crippen LogP contribution in [0.5, 0.6) is 0 Å². The molecule has 2 aromatic heterocycles. The number of aryl methyl sites for hydroxylation is 1. The summed E-state index contributed by atoms with van der Waals surface area (Å²) >= 11 is 7.49. The second-order valence-corrected chi connectivity index (χ2v) is 9.82. The van der Waals surface area contributed by atoms with Crippen molar-refractivity contribution in [3.63, 3.8) is 0 Å². The highest BCUT2D eigenvalue weighted by Gasteiger charge is 2.14. The minimum absolute atomic E-state index is 0.415. The first-order chi connectivity index (χ1) is 16.5. The molecule has 2 heterocycles. The molecule has 0 saturated heterocycles. The first kappa shape index (κ1) is 24.0. The van der Waals surface area contributed by atoms with E-state index in [0.29, 0.717) is 5.56 Å². The fourth-order valence-electron chi connectivity index (χ4n) is 3.40. The highest BCUT2D eigenvalue weighted by Crippen LogP contribution is 2.39. The first-order valence-corrected chi connectivity index (χ1v) is 12.8. The van der Waals surface area contributed by atoms with Crippen LogP contribution in [0.4, 0.5) is 14.5 Å². The van der Waals surface area contributed by atoms with Gasteiger partial charge in [-0.3, -0.25) is 0 Å². The summed E-state index contributed by atoms with van der Waals surface area (Å²) < 4.78 is 30.5. The molecule has 4 rings (SSSR count). The van der Waals surface area contributed by atoms with Crippen molar-refractivity contribution in [3.8, 4) is 34.1 Å². The zero-order valence-corrected chi connectivity index (χ0v) is 21.0. The molecule has 4 aromatic rings. The van der Waals surface area contributed by atoms with Crippen molar-refractivity contribution >= 4 is 55.1 Å². The van der Waals surface area contributed by atoms with Crippen LogP contribution < -0.4 is 0 Å². The zero-order valence-electron chi connectivity index (χ0n) is 18.6. The molecule has 0 fully saturated rings. The van der Waals surface area contributed by atoms with Gasteiger partial charge >= 0.3 is 0 Å². The monoisotopic (exact) mass is 503 g/mol. The number of isothiocyanates is 1. The van der Waals surface area contributed by atoms with E-state index in [4.69, 9.17) is 0 Å². The number of hydrogen-bond acceptors (Lipinski definition) is 4. The number of fused-ring (bicyclic) bond motifs is 1. The summed E-state index contributed by atoms with van der Waals surface area (Å²) in [6.45, 7) is 4.25. The van der Waals surface area contributed by atoms with Gasteiger partial charge in [-0.2, -0.15) is 4.99 Å². The third-order valence-corrected chi connectivity index (χ3v) is 7.43. The minimum atomic E-state index is -0.760. The van der Waals surface area contributed by atoms with E-state index in [2.05, 4.69) is 60.8 Å². The van der Waals surface area contributed by atoms with Gasteiger partial charge in [0.05, 0.1) is 10.0 Å². The minimum Gasteiger partial charge on any atom is -0.204 e. The number of thiocarbonyl (C=S) groups is 1. The summed E-state index contributed by atoms with van der Waals surface area (Å²) in [6, 6.07) is 12.7. The lowest BCUT2D eigenvalue weighted by atomic mass is 10.0. The Morgan fingerprint density at radius 3 is 2.35 bits per heavy atom. The smallest absolute Gasteiger partial charge is 0.153 e. The number of benzene rings is 2. The van der Waals surface area contributed by atoms with Crippen LogP contribution in [0.25, 0.3) is 19.8 Å². The third-order valence-electron chi connectivity index (χ3n) is 5.08. The van der Waals surface area contributed by atoms with Crippen LogP contribution in [-0.4, -0.2) is 5.16 Å². The lowest BCUT2D eigenvalue weighted by molar-refractivity contribution is 0.588. The number of rotatable bonds is 4. The van der Waals surface area contributed by atoms with E-state index in [9.17, 15) is 8.78 Å². The number of thiophene rings is 2. The Labute approximate surface area is 211 Å². The summed E-state index contributed by atoms with van der Waals surface area (Å²) in [5.41, 5.74) is 3.28. The van der Waals surface area contributed by atoms with Crippen LogP contribution >= 0.6 is 34.9 Å². The Balaban J connectivity index is 1.58. The standard InChI is InChI=1S/C28H19F2NS3/c1-3-5-6-7-20-10-8-18(12-19(20)4-2)9-11-22-15-26-27(33-22)16-25(34-26)21-13-23(29)28(31-17-32)24(30)14-21/h8,10,12-16H,3-5H2,1-2H3. The molecule has 34 heavy (non-hydrogen) atoms. The Morgan fingerprint density at radius 2 is 1.68 bits per heavy atom. The molecule has 0 aliphatic rings. The van der Waals surface area contributed by atoms with Gasteiger partial charge in [-0.25, -0.2) is 8.78 Å². The maximum Gasteiger partial charge on any atom is 0.153 e. The van der Waals surface area contributed by atoms with Gasteiger partial charge in [-0.05, 0) is 78.7 Å². The van der Waals surface area contributed by atoms with Crippen molar-refractivity contribution in [1.29, 1.82) is 0 Å². The molecule has 0 amide bonds. The maximum atomic E-state index is 14.2. The highest BCUT2D eigenvalue weighted by molar-refractivity contribution is 7.78. The van der Waals surface area contributed by atoms with Gasteiger partial charge in [0, 0.05) is 31.8 Å². The van der Waals surface area contributed by atoms with E-state index >= 15 is 0 Å². The first-order valence-electron chi connectivity index (χ1n) is 10.8. The van der Waals surface area contributed by atoms with Gasteiger partial charge in [0.15, 0.2) is 11.6 Å². The van der Waals surface area contributed by atoms with Gasteiger partial charge in [0.25, 0.3) is 0 Å². The normalized spacial score (nSPS) is 10.2. The predicted octanol–water partition coefficient (Wildman–Crippen LogP) is 8.76. The predicted molar refractivity (Wildman–Crippen MR) is 143 cm³/mol. The van der Waals surface area contributed by atoms with Gasteiger partial charge in [0.1, 0.15) is 5.69 Å². The Morgan fingerprint density at radius 1 is 0.912 bits per heavy atom. The number of unbranched alkanes of at least 4 members (excludes halogenated alkanes) is 1. The topological polar surface area (TPSA) is 12.4 Å². The van der Waals surface area contributed by atoms with Gasteiger partial charge in [0.2, 0.25) is 0 Å². The summed E-state index contributed by atoms with van der Waals surface area (Å²) in [5, 5.41) is 2.01. The molecule has 0 spiro atoms. The molecule has 0 saturated carbocycles. The van der Waals surface area contributed by atoms with Crippen LogP contribution in [0.3, 0.4) is 0 Å². The fourth-order valence-corrected chi connectivity index (χ4v) is 5.73. The van der Waals surface area contributed by atoms with Gasteiger partial charge < -0.3 is 0 Å². The molecule has 0 unspecified atom stereocenters. The highest BCUT2D eigenvalue weighted by atomic mass is 32.1. The molecular formula is C28H19F2NS3. The Kier molecular flexibility index (Phi) is 7.68. The molecule has 0 aliphatic heterocycles. The van der Waals surface area contributed by atoms with E-state index in [0.717, 1.165) is 49.5 Å². The molecular weight excluding hydrogens is 485 g/mol. The van der Waals surface area contributed by atoms with Crippen molar-refractivity contribution in [2.45, 2.75) is 33.1 Å². The van der Waals surface area contributed by atoms with E-state index in [-0.39, 0.29) is 0 Å². The fraction of sp³-hybridized carbons (Fsp3) is 0.179. The molecule has 0 bridgehead atoms. The Bertz CT molecular complexity index is 1490. The van der Waals surface area contributed by atoms with Crippen LogP contribution in [-0.2, 0) is 6.42 Å². The van der Waals surface area contributed by atoms with Crippen molar-refractivity contribution in [2.75, 3.05) is 0 Å². The molecule has 0 atom stereocenters. The summed E-state index contributed by atoms with van der Waals surface area (Å²) in [6.07, 6.45) is 2.86. The van der Waals surface area contributed by atoms with Crippen molar-refractivity contribution < 1.29 is 8.78 Å². The third kappa shape index (κ3) is 5.33. The number of hydrogen-bond donors (Lipinski definition) is 0. The van der Waals surface area contributed by atoms with E-state index in [1.54, 1.807) is 11.3 Å². The number of halogens is 2. The summed E-state index contributed by atoms with van der Waals surface area (Å²) in [5.74, 6) is 11.5. The second-order valence-electron chi connectivity index (χ2n) is 7.47. The van der Waals surface area contributed by atoms with Crippen LogP contribution in [0.2, 0.25) is 0 Å². The molecule has 2 aromatic carbocycles. The van der Waals surface area contributed by atoms with E-state index in [1.807, 2.05) is 29.4 Å². The largest absolute Gasteiger partial charge is 0.204 e. The molecule has 6 heteroatoms. The average Bonchev–Trinajstić information content (AvgIpc) is 3.39. The van der Waals surface area contributed by atoms with Gasteiger partial charge in [-0.1, -0.05) is 37.5 Å². The van der Waals surface area contributed by atoms with Gasteiger partial charge in [-0.15, -0.1) is 22.7 Å². The van der Waals surface area contributed by atoms with Crippen LogP contribution in [0, 0.1) is 35.3 Å². The quantitative estimate of drug-likeness (QED) is 0.154. The molecule has 0 aliphatic carbocycles. The Hall–Kier alpha value is -3.12. The van der Waals surface area contributed by atoms with Crippen molar-refractivity contribution in [2.24, 2.45) is 4.99 Å². The average molecular weight is 504 g/mol. The zero-order chi connectivity index (χ0) is 24.1. The maximum absolute atomic E-state index is 14.2. The summed E-state index contributed by atoms with van der Waals surface area (Å²) in [4.78, 5) is 5.19. The molecule has 0 radical (unpaired) electrons. The second kappa shape index (κ2) is 10.9. The lowest BCUT2D eigenvalue weighted by Crippen LogP contribution is -1.89. The SMILES string of the molecule is CCCC#Cc1ccc(C#Cc2cc3sc(-c4cc(F)c(N=C=S)c(F)c4)cc3s2)cc1CC. The molecule has 1 nitrogen and oxygen atoms in total. The molecule has 0 N–H and O–H groups in total. The van der Waals surface area contributed by atoms with E-state index < -0.39 is 17.3 Å². The van der Waals surface area contributed by atoms with Crippen LogP contribution in [0.15, 0.2) is 47.5 Å². The van der Waals surface area contributed by atoms with Crippen molar-refractivity contribution in [1.82, 2.24) is 0 Å². The lowest BCUT2D eigenvalue weighted by Gasteiger charge is -2.02. The summed E-state index contributed by atoms with van der Waals surface area (Å²) in [7, 11) is 0. The number of aliphatic imine (C=N–C) groups is 1. The van der Waals surface area contributed by atoms with Crippen molar-refractivity contribution in [3.05, 3.63) is 75.7 Å². The number of nitrogens with zero attached hydrogens (tertiary/aromatic N) is 1. The molecule has 168 valence electrons. The van der Waals surface area contributed by atoms with E-state index in [1.165, 1.54) is 29.0 Å².